The van der Waals surface area contributed by atoms with Gasteiger partial charge in [-0.3, -0.25) is 9.69 Å². The van der Waals surface area contributed by atoms with E-state index in [1.165, 1.54) is 16.7 Å². The summed E-state index contributed by atoms with van der Waals surface area (Å²) >= 11 is 1.61. The summed E-state index contributed by atoms with van der Waals surface area (Å²) in [6.45, 7) is 9.99. The Morgan fingerprint density at radius 3 is 2.31 bits per heavy atom. The molecule has 0 atom stereocenters. The van der Waals surface area contributed by atoms with Crippen LogP contribution in [0.25, 0.3) is 10.2 Å². The first-order valence-electron chi connectivity index (χ1n) is 10.1. The third kappa shape index (κ3) is 5.03. The van der Waals surface area contributed by atoms with Crippen LogP contribution in [-0.2, 0) is 11.2 Å². The second kappa shape index (κ2) is 9.06. The minimum absolute atomic E-state index is 0.121. The Morgan fingerprint density at radius 1 is 1.00 bits per heavy atom. The number of carbonyl (C=O) groups excluding carboxylic acids is 1. The molecule has 0 saturated heterocycles. The molecular weight excluding hydrogens is 378 g/mol. The summed E-state index contributed by atoms with van der Waals surface area (Å²) < 4.78 is 1.13. The molecule has 0 aliphatic heterocycles. The van der Waals surface area contributed by atoms with Crippen molar-refractivity contribution in [3.63, 3.8) is 0 Å². The molecule has 0 bridgehead atoms. The lowest BCUT2D eigenvalue weighted by atomic mass is 9.97. The average molecular weight is 410 g/mol. The van der Waals surface area contributed by atoms with Crippen LogP contribution in [0.15, 0.2) is 30.3 Å². The van der Waals surface area contributed by atoms with Crippen molar-refractivity contribution in [2.24, 2.45) is 0 Å². The van der Waals surface area contributed by atoms with Crippen molar-refractivity contribution in [3.8, 4) is 0 Å². The molecule has 0 spiro atoms. The molecule has 1 aromatic heterocycles. The number of hydrogen-bond donors (Lipinski definition) is 0. The number of rotatable bonds is 7. The quantitative estimate of drug-likeness (QED) is 0.547. The molecule has 0 saturated carbocycles. The van der Waals surface area contributed by atoms with E-state index in [0.29, 0.717) is 13.0 Å². The van der Waals surface area contributed by atoms with Crippen LogP contribution in [0, 0.1) is 27.7 Å². The van der Waals surface area contributed by atoms with E-state index in [2.05, 4.69) is 77.0 Å². The lowest BCUT2D eigenvalue weighted by Crippen LogP contribution is -2.34. The molecule has 0 fully saturated rings. The van der Waals surface area contributed by atoms with E-state index in [4.69, 9.17) is 4.98 Å². The molecular formula is C24H31N3OS. The predicted octanol–water partition coefficient (Wildman–Crippen LogP) is 5.06. The molecule has 1 amide bonds. The van der Waals surface area contributed by atoms with Gasteiger partial charge in [0.1, 0.15) is 0 Å². The standard InChI is InChI=1S/C24H31N3OS/c1-16-13-18(3)20(19(4)14-16)15-22(28)27(12-8-11-26(5)6)24-25-23-17(2)9-7-10-21(23)29-24/h7,9-10,13-14H,8,11-12,15H2,1-6H3. The molecule has 4 nitrogen and oxygen atoms in total. The molecule has 5 heteroatoms. The Hall–Kier alpha value is -2.24. The highest BCUT2D eigenvalue weighted by atomic mass is 32.1. The summed E-state index contributed by atoms with van der Waals surface area (Å²) in [5.74, 6) is 0.121. The molecule has 154 valence electrons. The highest BCUT2D eigenvalue weighted by Gasteiger charge is 2.21. The highest BCUT2D eigenvalue weighted by Crippen LogP contribution is 2.31. The van der Waals surface area contributed by atoms with Crippen molar-refractivity contribution in [1.29, 1.82) is 0 Å². The van der Waals surface area contributed by atoms with Gasteiger partial charge in [0, 0.05) is 6.54 Å². The monoisotopic (exact) mass is 409 g/mol. The SMILES string of the molecule is Cc1cc(C)c(CC(=O)N(CCCN(C)C)c2nc3c(C)cccc3s2)c(C)c1. The first-order chi connectivity index (χ1) is 13.8. The van der Waals surface area contributed by atoms with E-state index in [9.17, 15) is 4.79 Å². The van der Waals surface area contributed by atoms with Crippen LogP contribution in [0.3, 0.4) is 0 Å². The zero-order chi connectivity index (χ0) is 21.1. The molecule has 0 N–H and O–H groups in total. The maximum atomic E-state index is 13.4. The van der Waals surface area contributed by atoms with Gasteiger partial charge in [-0.2, -0.15) is 0 Å². The summed E-state index contributed by atoms with van der Waals surface area (Å²) in [6.07, 6.45) is 1.33. The fourth-order valence-electron chi connectivity index (χ4n) is 3.80. The number of benzene rings is 2. The molecule has 3 aromatic rings. The van der Waals surface area contributed by atoms with Gasteiger partial charge < -0.3 is 4.90 Å². The van der Waals surface area contributed by atoms with Crippen LogP contribution in [0.2, 0.25) is 0 Å². The van der Waals surface area contributed by atoms with E-state index >= 15 is 0 Å². The summed E-state index contributed by atoms with van der Waals surface area (Å²) in [4.78, 5) is 22.3. The Morgan fingerprint density at radius 2 is 1.69 bits per heavy atom. The number of nitrogens with zero attached hydrogens (tertiary/aromatic N) is 3. The first kappa shape index (κ1) is 21.5. The first-order valence-corrected chi connectivity index (χ1v) is 11.0. The number of fused-ring (bicyclic) bond motifs is 1. The fraction of sp³-hybridized carbons (Fsp3) is 0.417. The summed E-state index contributed by atoms with van der Waals surface area (Å²) in [5.41, 5.74) is 6.89. The van der Waals surface area contributed by atoms with Crippen molar-refractivity contribution >= 4 is 32.6 Å². The number of anilines is 1. The minimum Gasteiger partial charge on any atom is -0.309 e. The molecule has 0 unspecified atom stereocenters. The maximum Gasteiger partial charge on any atom is 0.233 e. The summed E-state index contributed by atoms with van der Waals surface area (Å²) in [7, 11) is 4.12. The summed E-state index contributed by atoms with van der Waals surface area (Å²) in [5, 5.41) is 0.806. The Bertz CT molecular complexity index is 999. The molecule has 0 aliphatic rings. The van der Waals surface area contributed by atoms with Gasteiger partial charge in [0.15, 0.2) is 5.13 Å². The van der Waals surface area contributed by atoms with Gasteiger partial charge in [-0.05, 0) is 83.1 Å². The number of thiazole rings is 1. The number of hydrogen-bond acceptors (Lipinski definition) is 4. The minimum atomic E-state index is 0.121. The van der Waals surface area contributed by atoms with Crippen LogP contribution in [0.4, 0.5) is 5.13 Å². The van der Waals surface area contributed by atoms with E-state index in [-0.39, 0.29) is 5.91 Å². The van der Waals surface area contributed by atoms with Crippen molar-refractivity contribution < 1.29 is 4.79 Å². The second-order valence-corrected chi connectivity index (χ2v) is 9.18. The molecule has 29 heavy (non-hydrogen) atoms. The van der Waals surface area contributed by atoms with Gasteiger partial charge in [0.05, 0.1) is 16.6 Å². The van der Waals surface area contributed by atoms with Crippen molar-refractivity contribution in [3.05, 3.63) is 58.1 Å². The number of aromatic nitrogens is 1. The zero-order valence-electron chi connectivity index (χ0n) is 18.4. The Labute approximate surface area is 178 Å². The Kier molecular flexibility index (Phi) is 6.70. The molecule has 3 rings (SSSR count). The number of carbonyl (C=O) groups is 1. The average Bonchev–Trinajstić information content (AvgIpc) is 3.06. The van der Waals surface area contributed by atoms with Crippen LogP contribution in [-0.4, -0.2) is 43.0 Å². The van der Waals surface area contributed by atoms with Gasteiger partial charge in [-0.15, -0.1) is 0 Å². The normalized spacial score (nSPS) is 11.4. The molecule has 2 aromatic carbocycles. The largest absolute Gasteiger partial charge is 0.309 e. The summed E-state index contributed by atoms with van der Waals surface area (Å²) in [6, 6.07) is 10.5. The van der Waals surface area contributed by atoms with Gasteiger partial charge >= 0.3 is 0 Å². The zero-order valence-corrected chi connectivity index (χ0v) is 19.2. The molecule has 0 aliphatic carbocycles. The lowest BCUT2D eigenvalue weighted by Gasteiger charge is -2.22. The van der Waals surface area contributed by atoms with Crippen LogP contribution < -0.4 is 4.90 Å². The smallest absolute Gasteiger partial charge is 0.233 e. The second-order valence-electron chi connectivity index (χ2n) is 8.17. The van der Waals surface area contributed by atoms with Crippen molar-refractivity contribution in [2.45, 2.75) is 40.5 Å². The molecule has 1 heterocycles. The molecule has 0 radical (unpaired) electrons. The van der Waals surface area contributed by atoms with Gasteiger partial charge in [0.2, 0.25) is 5.91 Å². The number of aryl methyl sites for hydroxylation is 4. The van der Waals surface area contributed by atoms with E-state index in [1.54, 1.807) is 11.3 Å². The van der Waals surface area contributed by atoms with Crippen LogP contribution in [0.1, 0.15) is 34.2 Å². The maximum absolute atomic E-state index is 13.4. The van der Waals surface area contributed by atoms with Crippen molar-refractivity contribution in [1.82, 2.24) is 9.88 Å². The van der Waals surface area contributed by atoms with Gasteiger partial charge in [-0.25, -0.2) is 4.98 Å². The van der Waals surface area contributed by atoms with Crippen molar-refractivity contribution in [2.75, 3.05) is 32.1 Å². The third-order valence-corrected chi connectivity index (χ3v) is 6.34. The fourth-order valence-corrected chi connectivity index (χ4v) is 4.88. The van der Waals surface area contributed by atoms with Crippen LogP contribution >= 0.6 is 11.3 Å². The van der Waals surface area contributed by atoms with Gasteiger partial charge in [-0.1, -0.05) is 41.2 Å². The third-order valence-electron chi connectivity index (χ3n) is 5.30. The van der Waals surface area contributed by atoms with E-state index in [1.807, 2.05) is 4.90 Å². The van der Waals surface area contributed by atoms with E-state index < -0.39 is 0 Å². The lowest BCUT2D eigenvalue weighted by molar-refractivity contribution is -0.118. The Balaban J connectivity index is 1.92. The topological polar surface area (TPSA) is 36.4 Å². The van der Waals surface area contributed by atoms with E-state index in [0.717, 1.165) is 39.4 Å². The van der Waals surface area contributed by atoms with Gasteiger partial charge in [0.25, 0.3) is 0 Å². The number of amides is 1. The highest BCUT2D eigenvalue weighted by molar-refractivity contribution is 7.22. The predicted molar refractivity (Wildman–Crippen MR) is 124 cm³/mol. The van der Waals surface area contributed by atoms with Crippen LogP contribution in [0.5, 0.6) is 0 Å². The number of para-hydroxylation sites is 1.